The molecule has 1 aliphatic rings. The van der Waals surface area contributed by atoms with E-state index in [1.165, 1.54) is 0 Å². The second-order valence-corrected chi connectivity index (χ2v) is 5.42. The van der Waals surface area contributed by atoms with E-state index in [1.54, 1.807) is 0 Å². The van der Waals surface area contributed by atoms with Crippen molar-refractivity contribution in [3.8, 4) is 0 Å². The number of nitrogens with one attached hydrogen (secondary N) is 1. The summed E-state index contributed by atoms with van der Waals surface area (Å²) in [4.78, 5) is 0. The van der Waals surface area contributed by atoms with Crippen molar-refractivity contribution in [1.29, 1.82) is 0 Å². The summed E-state index contributed by atoms with van der Waals surface area (Å²) in [6.45, 7) is 5.05. The summed E-state index contributed by atoms with van der Waals surface area (Å²) in [5.74, 6) is 0. The van der Waals surface area contributed by atoms with Crippen molar-refractivity contribution in [3.05, 3.63) is 0 Å². The van der Waals surface area contributed by atoms with Crippen LogP contribution in [0, 0.1) is 0 Å². The minimum Gasteiger partial charge on any atom is -0.353 e. The summed E-state index contributed by atoms with van der Waals surface area (Å²) < 4.78 is 34.3. The van der Waals surface area contributed by atoms with Crippen LogP contribution in [0.15, 0.2) is 0 Å². The number of hydrogen-bond acceptors (Lipinski definition) is 4. The first-order valence-corrected chi connectivity index (χ1v) is 6.85. The predicted octanol–water partition coefficient (Wildman–Crippen LogP) is 0.814. The molecule has 0 saturated carbocycles. The Morgan fingerprint density at radius 3 is 2.75 bits per heavy atom. The molecule has 5 nitrogen and oxygen atoms in total. The molecule has 1 unspecified atom stereocenters. The third-order valence-corrected chi connectivity index (χ3v) is 3.04. The first-order chi connectivity index (χ1) is 7.49. The van der Waals surface area contributed by atoms with Crippen LogP contribution in [0.4, 0.5) is 0 Å². The first kappa shape index (κ1) is 13.9. The molecule has 1 fully saturated rings. The molecule has 96 valence electrons. The molecule has 1 rings (SSSR count). The highest BCUT2D eigenvalue weighted by atomic mass is 32.2. The first-order valence-electron chi connectivity index (χ1n) is 5.67. The van der Waals surface area contributed by atoms with Crippen molar-refractivity contribution in [2.24, 2.45) is 0 Å². The molecule has 6 heteroatoms. The molecule has 0 aromatic rings. The van der Waals surface area contributed by atoms with E-state index in [-0.39, 0.29) is 11.9 Å². The molecule has 1 N–H and O–H groups in total. The number of hydrogen-bond donors (Lipinski definition) is 2. The molecule has 0 bridgehead atoms. The van der Waals surface area contributed by atoms with Crippen LogP contribution < -0.4 is 4.72 Å². The molecular weight excluding hydrogens is 230 g/mol. The maximum absolute atomic E-state index is 10.3. The molecule has 1 heterocycles. The SMILES string of the molecule is CC(C)(CCN[SH](=O)=O)OC1CCCCO1. The fourth-order valence-corrected chi connectivity index (χ4v) is 1.96. The van der Waals surface area contributed by atoms with E-state index in [0.29, 0.717) is 13.0 Å². The van der Waals surface area contributed by atoms with Crippen molar-refractivity contribution < 1.29 is 17.9 Å². The standard InChI is InChI=1S/C10H21NO4S/c1-10(2,6-7-11-16(12)13)15-9-5-3-4-8-14-9/h9,16H,3-8H2,1-2H3,(H,11,12,13). The maximum atomic E-state index is 10.3. The van der Waals surface area contributed by atoms with Gasteiger partial charge in [0.05, 0.1) is 5.60 Å². The van der Waals surface area contributed by atoms with Crippen LogP contribution in [0.5, 0.6) is 0 Å². The highest BCUT2D eigenvalue weighted by molar-refractivity contribution is 7.70. The number of rotatable bonds is 6. The smallest absolute Gasteiger partial charge is 0.201 e. The Labute approximate surface area is 98.6 Å². The van der Waals surface area contributed by atoms with Gasteiger partial charge >= 0.3 is 0 Å². The van der Waals surface area contributed by atoms with Crippen LogP contribution in [0.25, 0.3) is 0 Å². The van der Waals surface area contributed by atoms with Gasteiger partial charge in [0, 0.05) is 13.2 Å². The Hall–Kier alpha value is -0.170. The average Bonchev–Trinajstić information content (AvgIpc) is 2.17. The van der Waals surface area contributed by atoms with E-state index in [9.17, 15) is 8.42 Å². The summed E-state index contributed by atoms with van der Waals surface area (Å²) in [6, 6.07) is 0. The zero-order valence-electron chi connectivity index (χ0n) is 9.90. The zero-order chi connectivity index (χ0) is 12.0. The molecule has 0 aliphatic carbocycles. The molecular formula is C10H21NO4S. The monoisotopic (exact) mass is 251 g/mol. The van der Waals surface area contributed by atoms with E-state index >= 15 is 0 Å². The second kappa shape index (κ2) is 6.54. The minimum absolute atomic E-state index is 0.134. The van der Waals surface area contributed by atoms with Gasteiger partial charge in [0.15, 0.2) is 6.29 Å². The summed E-state index contributed by atoms with van der Waals surface area (Å²) in [5.41, 5.74) is -0.361. The van der Waals surface area contributed by atoms with Crippen LogP contribution in [0.2, 0.25) is 0 Å². The van der Waals surface area contributed by atoms with E-state index in [0.717, 1.165) is 25.9 Å². The van der Waals surface area contributed by atoms with Gasteiger partial charge in [0.25, 0.3) is 0 Å². The quantitative estimate of drug-likeness (QED) is 0.686. The molecule has 0 amide bonds. The topological polar surface area (TPSA) is 64.6 Å². The molecule has 1 saturated heterocycles. The average molecular weight is 251 g/mol. The zero-order valence-corrected chi connectivity index (χ0v) is 10.8. The van der Waals surface area contributed by atoms with E-state index in [4.69, 9.17) is 9.47 Å². The third-order valence-electron chi connectivity index (χ3n) is 2.56. The number of ether oxygens (including phenoxy) is 2. The van der Waals surface area contributed by atoms with Crippen LogP contribution >= 0.6 is 0 Å². The molecule has 0 radical (unpaired) electrons. The molecule has 1 aliphatic heterocycles. The number of thiol groups is 1. The lowest BCUT2D eigenvalue weighted by Crippen LogP contribution is -2.36. The Kier molecular flexibility index (Phi) is 5.68. The van der Waals surface area contributed by atoms with Crippen molar-refractivity contribution in [3.63, 3.8) is 0 Å². The van der Waals surface area contributed by atoms with Crippen molar-refractivity contribution in [1.82, 2.24) is 4.72 Å². The second-order valence-electron chi connectivity index (χ2n) is 4.59. The van der Waals surface area contributed by atoms with Crippen LogP contribution in [0.3, 0.4) is 0 Å². The third kappa shape index (κ3) is 5.79. The fraction of sp³-hybridized carbons (Fsp3) is 1.00. The van der Waals surface area contributed by atoms with Crippen LogP contribution in [-0.2, 0) is 20.4 Å². The normalized spacial score (nSPS) is 22.6. The van der Waals surface area contributed by atoms with Gasteiger partial charge in [-0.15, -0.1) is 0 Å². The Morgan fingerprint density at radius 1 is 1.44 bits per heavy atom. The Morgan fingerprint density at radius 2 is 2.19 bits per heavy atom. The molecule has 0 aromatic heterocycles. The van der Waals surface area contributed by atoms with Gasteiger partial charge in [-0.3, -0.25) is 0 Å². The maximum Gasteiger partial charge on any atom is 0.201 e. The largest absolute Gasteiger partial charge is 0.353 e. The van der Waals surface area contributed by atoms with E-state index in [1.807, 2.05) is 13.8 Å². The highest BCUT2D eigenvalue weighted by Gasteiger charge is 2.25. The van der Waals surface area contributed by atoms with E-state index in [2.05, 4.69) is 4.72 Å². The van der Waals surface area contributed by atoms with Gasteiger partial charge in [0.2, 0.25) is 10.9 Å². The molecule has 1 atom stereocenters. The summed E-state index contributed by atoms with van der Waals surface area (Å²) in [5, 5.41) is 0. The molecule has 0 spiro atoms. The lowest BCUT2D eigenvalue weighted by Gasteiger charge is -2.32. The Bertz CT molecular complexity index is 264. The Balaban J connectivity index is 2.26. The van der Waals surface area contributed by atoms with E-state index < -0.39 is 10.9 Å². The van der Waals surface area contributed by atoms with Gasteiger partial charge in [-0.1, -0.05) is 0 Å². The summed E-state index contributed by atoms with van der Waals surface area (Å²) >= 11 is 0. The minimum atomic E-state index is -2.51. The summed E-state index contributed by atoms with van der Waals surface area (Å²) in [6.07, 6.45) is 3.65. The fourth-order valence-electron chi connectivity index (χ4n) is 1.67. The van der Waals surface area contributed by atoms with Gasteiger partial charge in [-0.25, -0.2) is 13.1 Å². The van der Waals surface area contributed by atoms with Crippen molar-refractivity contribution >= 4 is 10.9 Å². The molecule has 0 aromatic carbocycles. The van der Waals surface area contributed by atoms with Crippen LogP contribution in [-0.4, -0.2) is 33.5 Å². The predicted molar refractivity (Wildman–Crippen MR) is 61.7 cm³/mol. The van der Waals surface area contributed by atoms with Gasteiger partial charge in [0.1, 0.15) is 0 Å². The lowest BCUT2D eigenvalue weighted by atomic mass is 10.1. The highest BCUT2D eigenvalue weighted by Crippen LogP contribution is 2.22. The van der Waals surface area contributed by atoms with Crippen LogP contribution in [0.1, 0.15) is 39.5 Å². The van der Waals surface area contributed by atoms with Crippen molar-refractivity contribution in [2.45, 2.75) is 51.4 Å². The van der Waals surface area contributed by atoms with Gasteiger partial charge in [-0.2, -0.15) is 0 Å². The van der Waals surface area contributed by atoms with Gasteiger partial charge in [-0.05, 0) is 39.5 Å². The summed E-state index contributed by atoms with van der Waals surface area (Å²) in [7, 11) is -2.51. The van der Waals surface area contributed by atoms with Crippen molar-refractivity contribution in [2.75, 3.05) is 13.2 Å². The molecule has 16 heavy (non-hydrogen) atoms. The lowest BCUT2D eigenvalue weighted by molar-refractivity contribution is -0.216. The van der Waals surface area contributed by atoms with Gasteiger partial charge < -0.3 is 9.47 Å².